The maximum absolute atomic E-state index is 13.1. The zero-order valence-corrected chi connectivity index (χ0v) is 11.2. The molecule has 19 heavy (non-hydrogen) atoms. The molecule has 3 rings (SSSR count). The van der Waals surface area contributed by atoms with Crippen LogP contribution in [-0.4, -0.2) is 9.55 Å². The first-order chi connectivity index (χ1) is 9.15. The molecular weight excluding hydrogens is 263 g/mol. The van der Waals surface area contributed by atoms with Crippen molar-refractivity contribution in [3.05, 3.63) is 64.7 Å². The van der Waals surface area contributed by atoms with E-state index in [0.717, 1.165) is 22.4 Å². The Hall–Kier alpha value is -1.87. The molecule has 96 valence electrons. The molecule has 0 aliphatic carbocycles. The van der Waals surface area contributed by atoms with Crippen LogP contribution in [0.1, 0.15) is 11.4 Å². The van der Waals surface area contributed by atoms with Crippen LogP contribution < -0.4 is 0 Å². The summed E-state index contributed by atoms with van der Waals surface area (Å²) in [6, 6.07) is 12.4. The van der Waals surface area contributed by atoms with Crippen LogP contribution in [-0.2, 0) is 6.54 Å². The summed E-state index contributed by atoms with van der Waals surface area (Å²) in [5.41, 5.74) is 2.90. The fraction of sp³-hybridized carbons (Fsp3) is 0.133. The van der Waals surface area contributed by atoms with Crippen molar-refractivity contribution in [1.82, 2.24) is 9.55 Å². The van der Waals surface area contributed by atoms with Crippen molar-refractivity contribution >= 4 is 22.6 Å². The summed E-state index contributed by atoms with van der Waals surface area (Å²) < 4.78 is 15.1. The molecule has 0 fully saturated rings. The third kappa shape index (κ3) is 2.22. The van der Waals surface area contributed by atoms with E-state index in [1.54, 1.807) is 6.07 Å². The topological polar surface area (TPSA) is 17.8 Å². The average molecular weight is 275 g/mol. The lowest BCUT2D eigenvalue weighted by atomic mass is 10.2. The fourth-order valence-corrected chi connectivity index (χ4v) is 2.44. The minimum atomic E-state index is -0.319. The van der Waals surface area contributed by atoms with E-state index < -0.39 is 0 Å². The van der Waals surface area contributed by atoms with Gasteiger partial charge in [-0.25, -0.2) is 9.37 Å². The number of hydrogen-bond donors (Lipinski definition) is 0. The first-order valence-electron chi connectivity index (χ1n) is 6.01. The number of para-hydroxylation sites is 2. The van der Waals surface area contributed by atoms with Gasteiger partial charge in [-0.3, -0.25) is 0 Å². The molecule has 0 atom stereocenters. The lowest BCUT2D eigenvalue weighted by molar-refractivity contribution is 0.626. The molecule has 0 bridgehead atoms. The summed E-state index contributed by atoms with van der Waals surface area (Å²) in [4.78, 5) is 4.50. The second kappa shape index (κ2) is 4.67. The minimum absolute atomic E-state index is 0.319. The van der Waals surface area contributed by atoms with Crippen molar-refractivity contribution < 1.29 is 4.39 Å². The molecule has 0 radical (unpaired) electrons. The van der Waals surface area contributed by atoms with Gasteiger partial charge in [0.25, 0.3) is 0 Å². The van der Waals surface area contributed by atoms with Gasteiger partial charge in [-0.15, -0.1) is 0 Å². The highest BCUT2D eigenvalue weighted by Crippen LogP contribution is 2.22. The summed E-state index contributed by atoms with van der Waals surface area (Å²) in [7, 11) is 0. The molecule has 2 nitrogen and oxygen atoms in total. The Morgan fingerprint density at radius 2 is 2.00 bits per heavy atom. The van der Waals surface area contributed by atoms with Crippen LogP contribution in [0.25, 0.3) is 11.0 Å². The van der Waals surface area contributed by atoms with Gasteiger partial charge in [0, 0.05) is 5.02 Å². The molecule has 1 aromatic heterocycles. The Kier molecular flexibility index (Phi) is 2.99. The molecular formula is C15H12ClFN2. The lowest BCUT2D eigenvalue weighted by Crippen LogP contribution is -2.02. The van der Waals surface area contributed by atoms with Crippen LogP contribution in [0.5, 0.6) is 0 Å². The fourth-order valence-electron chi connectivity index (χ4n) is 2.22. The van der Waals surface area contributed by atoms with Gasteiger partial charge in [-0.05, 0) is 36.8 Å². The van der Waals surface area contributed by atoms with Gasteiger partial charge in [-0.2, -0.15) is 0 Å². The average Bonchev–Trinajstić information content (AvgIpc) is 2.69. The molecule has 0 aliphatic rings. The third-order valence-electron chi connectivity index (χ3n) is 3.19. The first kappa shape index (κ1) is 12.2. The van der Waals surface area contributed by atoms with Gasteiger partial charge in [0.15, 0.2) is 0 Å². The monoisotopic (exact) mass is 274 g/mol. The van der Waals surface area contributed by atoms with E-state index in [1.807, 2.05) is 31.2 Å². The van der Waals surface area contributed by atoms with E-state index in [0.29, 0.717) is 11.6 Å². The standard InChI is InChI=1S/C15H12ClFN2/c1-10-18-14-4-2-3-5-15(14)19(10)9-11-6-7-12(17)8-13(11)16/h2-8H,9H2,1H3. The van der Waals surface area contributed by atoms with E-state index in [4.69, 9.17) is 11.6 Å². The van der Waals surface area contributed by atoms with Crippen molar-refractivity contribution in [2.75, 3.05) is 0 Å². The number of rotatable bonds is 2. The number of aromatic nitrogens is 2. The Morgan fingerprint density at radius 3 is 2.79 bits per heavy atom. The molecule has 0 aliphatic heterocycles. The molecule has 1 heterocycles. The third-order valence-corrected chi connectivity index (χ3v) is 3.54. The summed E-state index contributed by atoms with van der Waals surface area (Å²) in [5, 5.41) is 0.442. The van der Waals surface area contributed by atoms with Gasteiger partial charge in [0.05, 0.1) is 17.6 Å². The molecule has 0 N–H and O–H groups in total. The second-order valence-corrected chi connectivity index (χ2v) is 4.88. The molecule has 0 spiro atoms. The number of halogens is 2. The largest absolute Gasteiger partial charge is 0.324 e. The lowest BCUT2D eigenvalue weighted by Gasteiger charge is -2.08. The zero-order chi connectivity index (χ0) is 13.4. The predicted molar refractivity (Wildman–Crippen MR) is 75.0 cm³/mol. The Labute approximate surface area is 115 Å². The number of aryl methyl sites for hydroxylation is 1. The highest BCUT2D eigenvalue weighted by molar-refractivity contribution is 6.31. The Bertz CT molecular complexity index is 749. The zero-order valence-electron chi connectivity index (χ0n) is 10.4. The van der Waals surface area contributed by atoms with Crippen LogP contribution in [0.15, 0.2) is 42.5 Å². The summed E-state index contributed by atoms with van der Waals surface area (Å²) in [6.45, 7) is 2.54. The second-order valence-electron chi connectivity index (χ2n) is 4.47. The molecule has 4 heteroatoms. The molecule has 0 saturated heterocycles. The van der Waals surface area contributed by atoms with Crippen LogP contribution in [0.2, 0.25) is 5.02 Å². The molecule has 0 amide bonds. The van der Waals surface area contributed by atoms with Crippen LogP contribution in [0, 0.1) is 12.7 Å². The molecule has 3 aromatic rings. The van der Waals surface area contributed by atoms with E-state index in [2.05, 4.69) is 9.55 Å². The van der Waals surface area contributed by atoms with Crippen molar-refractivity contribution in [1.29, 1.82) is 0 Å². The van der Waals surface area contributed by atoms with E-state index in [9.17, 15) is 4.39 Å². The molecule has 0 unspecified atom stereocenters. The highest BCUT2D eigenvalue weighted by atomic mass is 35.5. The number of imidazole rings is 1. The van der Waals surface area contributed by atoms with E-state index >= 15 is 0 Å². The summed E-state index contributed by atoms with van der Waals surface area (Å²) in [6.07, 6.45) is 0. The van der Waals surface area contributed by atoms with Crippen molar-refractivity contribution in [3.8, 4) is 0 Å². The van der Waals surface area contributed by atoms with Crippen molar-refractivity contribution in [2.45, 2.75) is 13.5 Å². The molecule has 2 aromatic carbocycles. The number of benzene rings is 2. The summed E-state index contributed by atoms with van der Waals surface area (Å²) >= 11 is 6.08. The normalized spacial score (nSPS) is 11.1. The van der Waals surface area contributed by atoms with E-state index in [-0.39, 0.29) is 5.82 Å². The maximum Gasteiger partial charge on any atom is 0.124 e. The van der Waals surface area contributed by atoms with Gasteiger partial charge < -0.3 is 4.57 Å². The van der Waals surface area contributed by atoms with Gasteiger partial charge >= 0.3 is 0 Å². The Balaban J connectivity index is 2.08. The minimum Gasteiger partial charge on any atom is -0.324 e. The van der Waals surface area contributed by atoms with Crippen molar-refractivity contribution in [3.63, 3.8) is 0 Å². The SMILES string of the molecule is Cc1nc2ccccc2n1Cc1ccc(F)cc1Cl. The van der Waals surface area contributed by atoms with Gasteiger partial charge in [0.2, 0.25) is 0 Å². The van der Waals surface area contributed by atoms with Gasteiger partial charge in [-0.1, -0.05) is 29.8 Å². The smallest absolute Gasteiger partial charge is 0.124 e. The van der Waals surface area contributed by atoms with Crippen LogP contribution >= 0.6 is 11.6 Å². The van der Waals surface area contributed by atoms with Crippen molar-refractivity contribution in [2.24, 2.45) is 0 Å². The van der Waals surface area contributed by atoms with Gasteiger partial charge in [0.1, 0.15) is 11.6 Å². The molecule has 0 saturated carbocycles. The maximum atomic E-state index is 13.1. The van der Waals surface area contributed by atoms with E-state index in [1.165, 1.54) is 12.1 Å². The number of fused-ring (bicyclic) bond motifs is 1. The quantitative estimate of drug-likeness (QED) is 0.685. The predicted octanol–water partition coefficient (Wildman–Crippen LogP) is 4.19. The number of hydrogen-bond acceptors (Lipinski definition) is 1. The van der Waals surface area contributed by atoms with Crippen LogP contribution in [0.4, 0.5) is 4.39 Å². The first-order valence-corrected chi connectivity index (χ1v) is 6.39. The van der Waals surface area contributed by atoms with Crippen LogP contribution in [0.3, 0.4) is 0 Å². The Morgan fingerprint density at radius 1 is 1.21 bits per heavy atom. The number of nitrogens with zero attached hydrogens (tertiary/aromatic N) is 2. The summed E-state index contributed by atoms with van der Waals surface area (Å²) in [5.74, 6) is 0.600. The highest BCUT2D eigenvalue weighted by Gasteiger charge is 2.09.